The van der Waals surface area contributed by atoms with E-state index in [9.17, 15) is 24.9 Å². The highest BCUT2D eigenvalue weighted by Crippen LogP contribution is 2.44. The van der Waals surface area contributed by atoms with Crippen LogP contribution in [0.4, 0.5) is 4.79 Å². The Balaban J connectivity index is 1.36. The van der Waals surface area contributed by atoms with Gasteiger partial charge in [-0.25, -0.2) is 9.59 Å². The quantitative estimate of drug-likeness (QED) is 0.440. The van der Waals surface area contributed by atoms with Crippen LogP contribution in [0.1, 0.15) is 44.6 Å². The second kappa shape index (κ2) is 9.44. The van der Waals surface area contributed by atoms with E-state index in [4.69, 9.17) is 4.74 Å². The van der Waals surface area contributed by atoms with Gasteiger partial charge in [-0.3, -0.25) is 0 Å². The van der Waals surface area contributed by atoms with Crippen LogP contribution in [0.25, 0.3) is 11.1 Å². The van der Waals surface area contributed by atoms with E-state index in [1.807, 2.05) is 48.5 Å². The van der Waals surface area contributed by atoms with Crippen LogP contribution < -0.4 is 5.32 Å². The average molecular weight is 447 g/mol. The molecule has 1 aliphatic rings. The highest BCUT2D eigenvalue weighted by atomic mass is 16.5. The molecule has 0 fully saturated rings. The summed E-state index contributed by atoms with van der Waals surface area (Å²) in [5.41, 5.74) is 5.11. The van der Waals surface area contributed by atoms with Gasteiger partial charge in [-0.05, 0) is 40.8 Å². The van der Waals surface area contributed by atoms with Gasteiger partial charge < -0.3 is 25.4 Å². The number of fused-ring (bicyclic) bond motifs is 3. The maximum absolute atomic E-state index is 12.3. The zero-order chi connectivity index (χ0) is 23.5. The van der Waals surface area contributed by atoms with E-state index in [0.717, 1.165) is 27.8 Å². The Hall–Kier alpha value is -3.68. The lowest BCUT2D eigenvalue weighted by molar-refractivity contribution is 0.0175. The van der Waals surface area contributed by atoms with Crippen molar-refractivity contribution in [3.8, 4) is 11.1 Å². The molecule has 7 nitrogen and oxygen atoms in total. The van der Waals surface area contributed by atoms with Crippen molar-refractivity contribution in [2.45, 2.75) is 25.0 Å². The summed E-state index contributed by atoms with van der Waals surface area (Å²) in [7, 11) is 0. The number of amides is 1. The van der Waals surface area contributed by atoms with Crippen molar-refractivity contribution in [2.24, 2.45) is 0 Å². The minimum absolute atomic E-state index is 0.0786. The number of carboxylic acids is 1. The number of ether oxygens (including phenoxy) is 1. The number of aliphatic hydroxyl groups is 2. The van der Waals surface area contributed by atoms with Crippen molar-refractivity contribution < 1.29 is 29.6 Å². The van der Waals surface area contributed by atoms with Gasteiger partial charge >= 0.3 is 12.1 Å². The third-order valence-electron chi connectivity index (χ3n) is 5.92. The minimum atomic E-state index is -1.48. The van der Waals surface area contributed by atoms with Gasteiger partial charge in [0, 0.05) is 12.5 Å². The predicted octanol–water partition coefficient (Wildman–Crippen LogP) is 3.63. The van der Waals surface area contributed by atoms with E-state index in [2.05, 4.69) is 5.32 Å². The third kappa shape index (κ3) is 4.60. The summed E-state index contributed by atoms with van der Waals surface area (Å²) in [5, 5.41) is 32.6. The summed E-state index contributed by atoms with van der Waals surface area (Å²) >= 11 is 0. The molecule has 3 aromatic carbocycles. The number of aryl methyl sites for hydroxylation is 1. The number of benzene rings is 3. The Bertz CT molecular complexity index is 1150. The van der Waals surface area contributed by atoms with E-state index in [1.165, 1.54) is 12.1 Å². The fourth-order valence-electron chi connectivity index (χ4n) is 4.27. The molecular weight excluding hydrogens is 422 g/mol. The summed E-state index contributed by atoms with van der Waals surface area (Å²) in [4.78, 5) is 23.8. The molecule has 3 aromatic rings. The molecule has 0 aliphatic heterocycles. The van der Waals surface area contributed by atoms with E-state index in [-0.39, 0.29) is 30.2 Å². The Labute approximate surface area is 191 Å². The molecule has 0 aromatic heterocycles. The number of aliphatic hydroxyl groups excluding tert-OH is 2. The first-order valence-electron chi connectivity index (χ1n) is 10.7. The highest BCUT2D eigenvalue weighted by molar-refractivity contribution is 5.89. The maximum atomic E-state index is 12.3. The molecule has 1 aliphatic carbocycles. The monoisotopic (exact) mass is 447 g/mol. The second-order valence-corrected chi connectivity index (χ2v) is 8.11. The molecular formula is C26H25NO6. The molecule has 0 spiro atoms. The molecule has 33 heavy (non-hydrogen) atoms. The smallest absolute Gasteiger partial charge is 0.407 e. The average Bonchev–Trinajstić information content (AvgIpc) is 3.14. The summed E-state index contributed by atoms with van der Waals surface area (Å²) in [6, 6.07) is 20.5. The fourth-order valence-corrected chi connectivity index (χ4v) is 4.27. The third-order valence-corrected chi connectivity index (χ3v) is 5.92. The SMILES string of the molecule is Cc1ccc(C(O)C(O)CNC(=O)OCC2c3ccccc3-c3ccccc32)c(C(=O)O)c1. The number of hydrogen-bond donors (Lipinski definition) is 4. The van der Waals surface area contributed by atoms with Crippen molar-refractivity contribution in [2.75, 3.05) is 13.2 Å². The van der Waals surface area contributed by atoms with E-state index in [1.54, 1.807) is 13.0 Å². The molecule has 4 N–H and O–H groups in total. The van der Waals surface area contributed by atoms with Gasteiger partial charge in [0.05, 0.1) is 5.56 Å². The summed E-state index contributed by atoms with van der Waals surface area (Å²) in [5.74, 6) is -1.30. The zero-order valence-electron chi connectivity index (χ0n) is 18.1. The predicted molar refractivity (Wildman–Crippen MR) is 122 cm³/mol. The van der Waals surface area contributed by atoms with Crippen molar-refractivity contribution in [3.63, 3.8) is 0 Å². The van der Waals surface area contributed by atoms with Crippen LogP contribution in [0.5, 0.6) is 0 Å². The number of carboxylic acid groups (broad SMARTS) is 1. The van der Waals surface area contributed by atoms with Crippen LogP contribution in [0.3, 0.4) is 0 Å². The van der Waals surface area contributed by atoms with Crippen molar-refractivity contribution >= 4 is 12.1 Å². The fraction of sp³-hybridized carbons (Fsp3) is 0.231. The number of carbonyl (C=O) groups excluding carboxylic acids is 1. The molecule has 170 valence electrons. The number of rotatable bonds is 7. The minimum Gasteiger partial charge on any atom is -0.478 e. The molecule has 0 bridgehead atoms. The zero-order valence-corrected chi connectivity index (χ0v) is 18.1. The highest BCUT2D eigenvalue weighted by Gasteiger charge is 2.29. The molecule has 0 radical (unpaired) electrons. The van der Waals surface area contributed by atoms with Crippen molar-refractivity contribution in [3.05, 3.63) is 94.5 Å². The number of carbonyl (C=O) groups is 2. The van der Waals surface area contributed by atoms with Crippen LogP contribution in [0.15, 0.2) is 66.7 Å². The van der Waals surface area contributed by atoms with Crippen LogP contribution in [-0.2, 0) is 4.74 Å². The van der Waals surface area contributed by atoms with E-state index >= 15 is 0 Å². The molecule has 1 amide bonds. The first kappa shape index (κ1) is 22.5. The molecule has 2 unspecified atom stereocenters. The van der Waals surface area contributed by atoms with Crippen LogP contribution >= 0.6 is 0 Å². The lowest BCUT2D eigenvalue weighted by Gasteiger charge is -2.21. The standard InChI is InChI=1S/C26H25NO6/c1-15-10-11-20(21(12-15)25(30)31)24(29)23(28)13-27-26(32)33-14-22-18-8-4-2-6-16(18)17-7-3-5-9-19(17)22/h2-12,22-24,28-29H,13-14H2,1H3,(H,27,32)(H,30,31). The van der Waals surface area contributed by atoms with Crippen LogP contribution in [0, 0.1) is 6.92 Å². The van der Waals surface area contributed by atoms with Crippen molar-refractivity contribution in [1.29, 1.82) is 0 Å². The number of aromatic carboxylic acids is 1. The first-order chi connectivity index (χ1) is 15.9. The number of nitrogens with one attached hydrogen (secondary N) is 1. The number of hydrogen-bond acceptors (Lipinski definition) is 5. The molecule has 0 saturated carbocycles. The molecule has 4 rings (SSSR count). The van der Waals surface area contributed by atoms with Crippen LogP contribution in [-0.4, -0.2) is 46.6 Å². The van der Waals surface area contributed by atoms with Gasteiger partial charge in [0.25, 0.3) is 0 Å². The van der Waals surface area contributed by atoms with Gasteiger partial charge in [0.2, 0.25) is 0 Å². The van der Waals surface area contributed by atoms with Crippen LogP contribution in [0.2, 0.25) is 0 Å². The summed E-state index contributed by atoms with van der Waals surface area (Å²) in [6.45, 7) is 1.56. The normalized spacial score (nSPS) is 14.2. The van der Waals surface area contributed by atoms with Crippen molar-refractivity contribution in [1.82, 2.24) is 5.32 Å². The summed E-state index contributed by atoms with van der Waals surface area (Å²) in [6.07, 6.45) is -3.62. The van der Waals surface area contributed by atoms with E-state index in [0.29, 0.717) is 0 Å². The lowest BCUT2D eigenvalue weighted by atomic mass is 9.97. The van der Waals surface area contributed by atoms with Gasteiger partial charge in [0.1, 0.15) is 18.8 Å². The molecule has 2 atom stereocenters. The number of alkyl carbamates (subject to hydrolysis) is 1. The molecule has 0 saturated heterocycles. The molecule has 7 heteroatoms. The lowest BCUT2D eigenvalue weighted by Crippen LogP contribution is -2.36. The Morgan fingerprint density at radius 1 is 0.970 bits per heavy atom. The Morgan fingerprint density at radius 2 is 1.58 bits per heavy atom. The van der Waals surface area contributed by atoms with E-state index < -0.39 is 24.3 Å². The Morgan fingerprint density at radius 3 is 2.18 bits per heavy atom. The topological polar surface area (TPSA) is 116 Å². The first-order valence-corrected chi connectivity index (χ1v) is 10.7. The van der Waals surface area contributed by atoms with Gasteiger partial charge in [-0.2, -0.15) is 0 Å². The summed E-state index contributed by atoms with van der Waals surface area (Å²) < 4.78 is 5.42. The van der Waals surface area contributed by atoms with Gasteiger partial charge in [-0.15, -0.1) is 0 Å². The van der Waals surface area contributed by atoms with Gasteiger partial charge in [0.15, 0.2) is 0 Å². The van der Waals surface area contributed by atoms with Gasteiger partial charge in [-0.1, -0.05) is 66.2 Å². The molecule has 0 heterocycles. The Kier molecular flexibility index (Phi) is 6.44. The second-order valence-electron chi connectivity index (χ2n) is 8.11. The largest absolute Gasteiger partial charge is 0.478 e. The maximum Gasteiger partial charge on any atom is 0.407 e.